The highest BCUT2D eigenvalue weighted by molar-refractivity contribution is 6.08. The van der Waals surface area contributed by atoms with Gasteiger partial charge in [0.15, 0.2) is 0 Å². The standard InChI is InChI=1S/C25H38N4O2/c1-19-24(25(30)26-12-7-13-28-16-14-27(2)15-17-28)22-18-21(31-3)10-11-23(22)29(19)20-8-5-4-6-9-20/h10-11,18,20H,4-9,12-17H2,1-3H3,(H,26,30). The Bertz CT molecular complexity index is 893. The second-order valence-electron chi connectivity index (χ2n) is 9.26. The van der Waals surface area contributed by atoms with Gasteiger partial charge in [-0.05, 0) is 58.0 Å². The Morgan fingerprint density at radius 2 is 1.87 bits per heavy atom. The van der Waals surface area contributed by atoms with Gasteiger partial charge in [-0.2, -0.15) is 0 Å². The number of amides is 1. The molecule has 4 rings (SSSR count). The molecule has 1 saturated heterocycles. The number of carbonyl (C=O) groups is 1. The number of benzene rings is 1. The van der Waals surface area contributed by atoms with Crippen LogP contribution in [0.2, 0.25) is 0 Å². The molecule has 1 amide bonds. The minimum absolute atomic E-state index is 0.0451. The number of aromatic nitrogens is 1. The normalized spacial score (nSPS) is 19.1. The van der Waals surface area contributed by atoms with Gasteiger partial charge in [-0.3, -0.25) is 4.79 Å². The lowest BCUT2D eigenvalue weighted by atomic mass is 9.95. The van der Waals surface area contributed by atoms with Gasteiger partial charge in [0.05, 0.1) is 12.7 Å². The molecule has 0 atom stereocenters. The van der Waals surface area contributed by atoms with Gasteiger partial charge >= 0.3 is 0 Å². The van der Waals surface area contributed by atoms with Crippen LogP contribution in [0.4, 0.5) is 0 Å². The van der Waals surface area contributed by atoms with Crippen LogP contribution in [-0.2, 0) is 0 Å². The maximum absolute atomic E-state index is 13.3. The van der Waals surface area contributed by atoms with Gasteiger partial charge in [-0.25, -0.2) is 0 Å². The maximum Gasteiger partial charge on any atom is 0.253 e. The van der Waals surface area contributed by atoms with Crippen LogP contribution >= 0.6 is 0 Å². The third kappa shape index (κ3) is 4.90. The Morgan fingerprint density at radius 3 is 2.58 bits per heavy atom. The van der Waals surface area contributed by atoms with E-state index in [4.69, 9.17) is 4.74 Å². The number of nitrogens with one attached hydrogen (secondary N) is 1. The minimum Gasteiger partial charge on any atom is -0.497 e. The van der Waals surface area contributed by atoms with Gasteiger partial charge in [0.25, 0.3) is 5.91 Å². The Morgan fingerprint density at radius 1 is 1.13 bits per heavy atom. The van der Waals surface area contributed by atoms with Crippen molar-refractivity contribution in [3.8, 4) is 5.75 Å². The molecule has 1 aromatic carbocycles. The van der Waals surface area contributed by atoms with Gasteiger partial charge in [0.1, 0.15) is 5.75 Å². The Labute approximate surface area is 186 Å². The van der Waals surface area contributed by atoms with Crippen molar-refractivity contribution in [1.29, 1.82) is 0 Å². The zero-order valence-electron chi connectivity index (χ0n) is 19.5. The Hall–Kier alpha value is -2.05. The van der Waals surface area contributed by atoms with Crippen LogP contribution in [0.5, 0.6) is 5.75 Å². The van der Waals surface area contributed by atoms with Crippen LogP contribution in [0.25, 0.3) is 10.9 Å². The average Bonchev–Trinajstić information content (AvgIpc) is 3.09. The first kappa shape index (κ1) is 22.2. The van der Waals surface area contributed by atoms with Gasteiger partial charge in [-0.15, -0.1) is 0 Å². The second kappa shape index (κ2) is 10.0. The van der Waals surface area contributed by atoms with Gasteiger partial charge in [-0.1, -0.05) is 19.3 Å². The summed E-state index contributed by atoms with van der Waals surface area (Å²) in [5.41, 5.74) is 3.07. The summed E-state index contributed by atoms with van der Waals surface area (Å²) in [6.07, 6.45) is 7.25. The fraction of sp³-hybridized carbons (Fsp3) is 0.640. The van der Waals surface area contributed by atoms with E-state index < -0.39 is 0 Å². The van der Waals surface area contributed by atoms with Gasteiger partial charge in [0.2, 0.25) is 0 Å². The van der Waals surface area contributed by atoms with Crippen LogP contribution in [0, 0.1) is 6.92 Å². The van der Waals surface area contributed by atoms with Crippen molar-refractivity contribution in [2.45, 2.75) is 51.5 Å². The SMILES string of the molecule is COc1ccc2c(c1)c(C(=O)NCCCN1CCN(C)CC1)c(C)n2C1CCCCC1. The third-order valence-corrected chi connectivity index (χ3v) is 7.16. The number of nitrogens with zero attached hydrogens (tertiary/aromatic N) is 3. The number of fused-ring (bicyclic) bond motifs is 1. The quantitative estimate of drug-likeness (QED) is 0.684. The summed E-state index contributed by atoms with van der Waals surface area (Å²) in [6.45, 7) is 8.38. The van der Waals surface area contributed by atoms with E-state index in [1.54, 1.807) is 7.11 Å². The smallest absolute Gasteiger partial charge is 0.253 e. The van der Waals surface area contributed by atoms with Crippen LogP contribution in [0.15, 0.2) is 18.2 Å². The number of rotatable bonds is 7. The highest BCUT2D eigenvalue weighted by Gasteiger charge is 2.25. The molecule has 2 fully saturated rings. The van der Waals surface area contributed by atoms with E-state index in [2.05, 4.69) is 39.7 Å². The van der Waals surface area contributed by atoms with Crippen molar-refractivity contribution in [2.75, 3.05) is 53.4 Å². The zero-order valence-corrected chi connectivity index (χ0v) is 19.5. The molecule has 31 heavy (non-hydrogen) atoms. The average molecular weight is 427 g/mol. The predicted molar refractivity (Wildman–Crippen MR) is 126 cm³/mol. The lowest BCUT2D eigenvalue weighted by molar-refractivity contribution is 0.0950. The summed E-state index contributed by atoms with van der Waals surface area (Å²) in [7, 11) is 3.86. The molecule has 1 saturated carbocycles. The molecule has 1 aliphatic heterocycles. The van der Waals surface area contributed by atoms with Crippen LogP contribution in [0.1, 0.15) is 60.6 Å². The Balaban J connectivity index is 1.48. The van der Waals surface area contributed by atoms with Crippen molar-refractivity contribution in [1.82, 2.24) is 19.7 Å². The molecule has 1 aromatic heterocycles. The number of methoxy groups -OCH3 is 1. The first-order valence-corrected chi connectivity index (χ1v) is 12.0. The number of carbonyl (C=O) groups excluding carboxylic acids is 1. The molecule has 170 valence electrons. The van der Waals surface area contributed by atoms with E-state index in [9.17, 15) is 4.79 Å². The zero-order chi connectivity index (χ0) is 21.8. The lowest BCUT2D eigenvalue weighted by Crippen LogP contribution is -2.45. The number of ether oxygens (including phenoxy) is 1. The first-order chi connectivity index (χ1) is 15.1. The summed E-state index contributed by atoms with van der Waals surface area (Å²) >= 11 is 0. The fourth-order valence-corrected chi connectivity index (χ4v) is 5.31. The van der Waals surface area contributed by atoms with Crippen molar-refractivity contribution in [2.24, 2.45) is 0 Å². The van der Waals surface area contributed by atoms with Crippen molar-refractivity contribution in [3.05, 3.63) is 29.5 Å². The largest absolute Gasteiger partial charge is 0.497 e. The summed E-state index contributed by atoms with van der Waals surface area (Å²) in [5.74, 6) is 0.848. The molecule has 6 heteroatoms. The van der Waals surface area contributed by atoms with Crippen LogP contribution < -0.4 is 10.1 Å². The van der Waals surface area contributed by atoms with Crippen molar-refractivity contribution in [3.63, 3.8) is 0 Å². The predicted octanol–water partition coefficient (Wildman–Crippen LogP) is 3.83. The molecule has 2 aliphatic rings. The second-order valence-corrected chi connectivity index (χ2v) is 9.26. The molecule has 1 aliphatic carbocycles. The Kier molecular flexibility index (Phi) is 7.18. The number of piperazine rings is 1. The fourth-order valence-electron chi connectivity index (χ4n) is 5.31. The van der Waals surface area contributed by atoms with E-state index in [-0.39, 0.29) is 5.91 Å². The van der Waals surface area contributed by atoms with Gasteiger partial charge < -0.3 is 24.4 Å². The van der Waals surface area contributed by atoms with E-state index in [1.807, 2.05) is 12.1 Å². The number of likely N-dealkylation sites (N-methyl/N-ethyl adjacent to an activating group) is 1. The molecule has 2 heterocycles. The molecular formula is C25H38N4O2. The van der Waals surface area contributed by atoms with Crippen molar-refractivity contribution >= 4 is 16.8 Å². The van der Waals surface area contributed by atoms with E-state index in [1.165, 1.54) is 32.1 Å². The van der Waals surface area contributed by atoms with E-state index in [0.29, 0.717) is 12.6 Å². The van der Waals surface area contributed by atoms with Crippen molar-refractivity contribution < 1.29 is 9.53 Å². The summed E-state index contributed by atoms with van der Waals surface area (Å²) < 4.78 is 7.90. The number of hydrogen-bond acceptors (Lipinski definition) is 4. The summed E-state index contributed by atoms with van der Waals surface area (Å²) in [4.78, 5) is 18.2. The molecule has 0 radical (unpaired) electrons. The molecular weight excluding hydrogens is 388 g/mol. The topological polar surface area (TPSA) is 49.7 Å². The van der Waals surface area contributed by atoms with Gasteiger partial charge in [0, 0.05) is 55.4 Å². The summed E-state index contributed by atoms with van der Waals surface area (Å²) in [6, 6.07) is 6.66. The van der Waals surface area contributed by atoms with Crippen LogP contribution in [-0.4, -0.2) is 73.7 Å². The molecule has 0 spiro atoms. The monoisotopic (exact) mass is 426 g/mol. The minimum atomic E-state index is 0.0451. The first-order valence-electron chi connectivity index (χ1n) is 12.0. The summed E-state index contributed by atoms with van der Waals surface area (Å²) in [5, 5.41) is 4.22. The molecule has 6 nitrogen and oxygen atoms in total. The molecule has 2 aromatic rings. The lowest BCUT2D eigenvalue weighted by Gasteiger charge is -2.32. The number of hydrogen-bond donors (Lipinski definition) is 1. The highest BCUT2D eigenvalue weighted by Crippen LogP contribution is 2.37. The maximum atomic E-state index is 13.3. The van der Waals surface area contributed by atoms with E-state index in [0.717, 1.165) is 67.1 Å². The molecule has 0 unspecified atom stereocenters. The molecule has 0 bridgehead atoms. The molecule has 1 N–H and O–H groups in total. The third-order valence-electron chi connectivity index (χ3n) is 7.16. The van der Waals surface area contributed by atoms with E-state index >= 15 is 0 Å². The highest BCUT2D eigenvalue weighted by atomic mass is 16.5. The van der Waals surface area contributed by atoms with Crippen LogP contribution in [0.3, 0.4) is 0 Å².